The molecular weight excluding hydrogens is 254 g/mol. The number of carbonyl (C=O) groups excluding carboxylic acids is 1. The molecule has 0 aliphatic heterocycles. The Balaban J connectivity index is 2.70. The van der Waals surface area contributed by atoms with Gasteiger partial charge < -0.3 is 10.0 Å². The van der Waals surface area contributed by atoms with Gasteiger partial charge in [0, 0.05) is 23.7 Å². The highest BCUT2D eigenvalue weighted by Gasteiger charge is 2.27. The summed E-state index contributed by atoms with van der Waals surface area (Å²) in [7, 11) is 0. The third kappa shape index (κ3) is 4.33. The predicted molar refractivity (Wildman–Crippen MR) is 69.8 cm³/mol. The third-order valence-corrected chi connectivity index (χ3v) is 2.94. The quantitative estimate of drug-likeness (QED) is 0.879. The fraction of sp³-hybridized carbons (Fsp3) is 0.545. The standard InChI is InChI=1S/C11H17N3O3S/c1-11(2,3)14(6-4-8(15)16)10(17)13-9-12-5-7-18-9/h5,7H,4,6H2,1-3H3,(H,15,16)(H,12,13,17). The largest absolute Gasteiger partial charge is 0.481 e. The van der Waals surface area contributed by atoms with Gasteiger partial charge in [0.05, 0.1) is 6.42 Å². The fourth-order valence-electron chi connectivity index (χ4n) is 1.39. The van der Waals surface area contributed by atoms with Crippen molar-refractivity contribution in [2.24, 2.45) is 0 Å². The topological polar surface area (TPSA) is 82.5 Å². The molecule has 0 aromatic carbocycles. The van der Waals surface area contributed by atoms with Crippen LogP contribution in [0.1, 0.15) is 27.2 Å². The average Bonchev–Trinajstić information content (AvgIpc) is 2.67. The SMILES string of the molecule is CC(C)(C)N(CCC(=O)O)C(=O)Nc1nccs1. The normalized spacial score (nSPS) is 11.1. The molecule has 100 valence electrons. The van der Waals surface area contributed by atoms with Crippen LogP contribution in [0.4, 0.5) is 9.93 Å². The first-order valence-electron chi connectivity index (χ1n) is 5.50. The van der Waals surface area contributed by atoms with E-state index in [9.17, 15) is 9.59 Å². The van der Waals surface area contributed by atoms with Crippen molar-refractivity contribution >= 4 is 28.5 Å². The van der Waals surface area contributed by atoms with Crippen molar-refractivity contribution in [3.8, 4) is 0 Å². The molecule has 0 saturated carbocycles. The van der Waals surface area contributed by atoms with E-state index in [2.05, 4.69) is 10.3 Å². The van der Waals surface area contributed by atoms with Gasteiger partial charge in [0.1, 0.15) is 0 Å². The number of hydrogen-bond acceptors (Lipinski definition) is 4. The molecule has 0 aliphatic carbocycles. The highest BCUT2D eigenvalue weighted by molar-refractivity contribution is 7.13. The maximum Gasteiger partial charge on any atom is 0.324 e. The van der Waals surface area contributed by atoms with Crippen LogP contribution in [-0.4, -0.2) is 39.1 Å². The molecule has 2 amide bonds. The Labute approximate surface area is 110 Å². The Morgan fingerprint density at radius 3 is 2.61 bits per heavy atom. The molecule has 1 aromatic rings. The molecule has 0 radical (unpaired) electrons. The van der Waals surface area contributed by atoms with Gasteiger partial charge in [-0.05, 0) is 20.8 Å². The molecule has 1 heterocycles. The Kier molecular flexibility index (Phi) is 4.66. The van der Waals surface area contributed by atoms with E-state index in [0.717, 1.165) is 0 Å². The molecule has 0 spiro atoms. The second-order valence-electron chi connectivity index (χ2n) is 4.73. The predicted octanol–water partition coefficient (Wildman–Crippen LogP) is 2.25. The van der Waals surface area contributed by atoms with Gasteiger partial charge in [0.15, 0.2) is 5.13 Å². The first-order chi connectivity index (χ1) is 8.30. The highest BCUT2D eigenvalue weighted by Crippen LogP contribution is 2.17. The molecule has 0 saturated heterocycles. The summed E-state index contributed by atoms with van der Waals surface area (Å²) in [6.07, 6.45) is 1.52. The van der Waals surface area contributed by atoms with Crippen LogP contribution < -0.4 is 5.32 Å². The molecule has 1 aromatic heterocycles. The lowest BCUT2D eigenvalue weighted by Gasteiger charge is -2.35. The van der Waals surface area contributed by atoms with E-state index < -0.39 is 11.5 Å². The lowest BCUT2D eigenvalue weighted by molar-refractivity contribution is -0.137. The summed E-state index contributed by atoms with van der Waals surface area (Å²) in [6, 6.07) is -0.335. The van der Waals surface area contributed by atoms with Gasteiger partial charge in [0.2, 0.25) is 0 Å². The van der Waals surface area contributed by atoms with E-state index in [1.165, 1.54) is 16.2 Å². The zero-order valence-corrected chi connectivity index (χ0v) is 11.5. The number of urea groups is 1. The number of carboxylic acid groups (broad SMARTS) is 1. The molecule has 0 atom stereocenters. The van der Waals surface area contributed by atoms with E-state index in [0.29, 0.717) is 5.13 Å². The van der Waals surface area contributed by atoms with Crippen LogP contribution in [0.25, 0.3) is 0 Å². The zero-order chi connectivity index (χ0) is 13.8. The maximum absolute atomic E-state index is 12.1. The van der Waals surface area contributed by atoms with E-state index in [1.54, 1.807) is 11.6 Å². The summed E-state index contributed by atoms with van der Waals surface area (Å²) in [4.78, 5) is 28.1. The van der Waals surface area contributed by atoms with E-state index in [1.807, 2.05) is 20.8 Å². The summed E-state index contributed by atoms with van der Waals surface area (Å²) in [5, 5.41) is 13.6. The summed E-state index contributed by atoms with van der Waals surface area (Å²) in [5.74, 6) is -0.925. The van der Waals surface area contributed by atoms with Crippen LogP contribution in [-0.2, 0) is 4.79 Å². The van der Waals surface area contributed by atoms with Crippen LogP contribution in [0, 0.1) is 0 Å². The Morgan fingerprint density at radius 1 is 1.50 bits per heavy atom. The Hall–Kier alpha value is -1.63. The number of thiazole rings is 1. The van der Waals surface area contributed by atoms with Crippen molar-refractivity contribution in [2.75, 3.05) is 11.9 Å². The number of nitrogens with zero attached hydrogens (tertiary/aromatic N) is 2. The molecule has 0 aliphatic rings. The number of aromatic nitrogens is 1. The summed E-state index contributed by atoms with van der Waals surface area (Å²) in [6.45, 7) is 5.74. The molecule has 1 rings (SSSR count). The molecular formula is C11H17N3O3S. The minimum atomic E-state index is -0.925. The van der Waals surface area contributed by atoms with Gasteiger partial charge in [-0.3, -0.25) is 10.1 Å². The Morgan fingerprint density at radius 2 is 2.17 bits per heavy atom. The Bertz CT molecular complexity index is 412. The smallest absolute Gasteiger partial charge is 0.324 e. The van der Waals surface area contributed by atoms with Gasteiger partial charge in [-0.1, -0.05) is 0 Å². The molecule has 18 heavy (non-hydrogen) atoms. The number of anilines is 1. The number of hydrogen-bond donors (Lipinski definition) is 2. The van der Waals surface area contributed by atoms with Crippen molar-refractivity contribution in [1.29, 1.82) is 0 Å². The second kappa shape index (κ2) is 5.81. The monoisotopic (exact) mass is 271 g/mol. The number of amides is 2. The first-order valence-corrected chi connectivity index (χ1v) is 6.38. The van der Waals surface area contributed by atoms with Gasteiger partial charge in [-0.2, -0.15) is 0 Å². The van der Waals surface area contributed by atoms with Gasteiger partial charge in [-0.15, -0.1) is 11.3 Å². The number of aliphatic carboxylic acids is 1. The van der Waals surface area contributed by atoms with Crippen molar-refractivity contribution in [3.63, 3.8) is 0 Å². The highest BCUT2D eigenvalue weighted by atomic mass is 32.1. The third-order valence-electron chi connectivity index (χ3n) is 2.25. The average molecular weight is 271 g/mol. The molecule has 0 unspecified atom stereocenters. The number of carboxylic acids is 1. The summed E-state index contributed by atoms with van der Waals surface area (Å²) < 4.78 is 0. The molecule has 0 fully saturated rings. The van der Waals surface area contributed by atoms with Gasteiger partial charge in [0.25, 0.3) is 0 Å². The second-order valence-corrected chi connectivity index (χ2v) is 5.63. The van der Waals surface area contributed by atoms with Gasteiger partial charge >= 0.3 is 12.0 Å². The lowest BCUT2D eigenvalue weighted by atomic mass is 10.1. The number of nitrogens with one attached hydrogen (secondary N) is 1. The summed E-state index contributed by atoms with van der Waals surface area (Å²) >= 11 is 1.32. The molecule has 0 bridgehead atoms. The molecule has 6 nitrogen and oxygen atoms in total. The number of rotatable bonds is 4. The van der Waals surface area contributed by atoms with Crippen molar-refractivity contribution < 1.29 is 14.7 Å². The van der Waals surface area contributed by atoms with Crippen LogP contribution in [0.5, 0.6) is 0 Å². The van der Waals surface area contributed by atoms with E-state index in [4.69, 9.17) is 5.11 Å². The fourth-order valence-corrected chi connectivity index (χ4v) is 1.91. The van der Waals surface area contributed by atoms with Gasteiger partial charge in [-0.25, -0.2) is 9.78 Å². The molecule has 2 N–H and O–H groups in total. The van der Waals surface area contributed by atoms with Crippen LogP contribution >= 0.6 is 11.3 Å². The lowest BCUT2D eigenvalue weighted by Crippen LogP contribution is -2.48. The zero-order valence-electron chi connectivity index (χ0n) is 10.6. The van der Waals surface area contributed by atoms with E-state index in [-0.39, 0.29) is 19.0 Å². The maximum atomic E-state index is 12.1. The first kappa shape index (κ1) is 14.4. The van der Waals surface area contributed by atoms with Crippen LogP contribution in [0.2, 0.25) is 0 Å². The van der Waals surface area contributed by atoms with Crippen molar-refractivity contribution in [3.05, 3.63) is 11.6 Å². The number of carbonyl (C=O) groups is 2. The van der Waals surface area contributed by atoms with Crippen LogP contribution in [0.3, 0.4) is 0 Å². The van der Waals surface area contributed by atoms with Crippen LogP contribution in [0.15, 0.2) is 11.6 Å². The van der Waals surface area contributed by atoms with E-state index >= 15 is 0 Å². The molecule has 7 heteroatoms. The minimum Gasteiger partial charge on any atom is -0.481 e. The summed E-state index contributed by atoms with van der Waals surface area (Å²) in [5.41, 5.74) is -0.448. The van der Waals surface area contributed by atoms with Crippen molar-refractivity contribution in [2.45, 2.75) is 32.7 Å². The van der Waals surface area contributed by atoms with Crippen molar-refractivity contribution in [1.82, 2.24) is 9.88 Å². The minimum absolute atomic E-state index is 0.0808.